The number of anilines is 3. The van der Waals surface area contributed by atoms with Crippen molar-refractivity contribution in [3.05, 3.63) is 71.8 Å². The third kappa shape index (κ3) is 5.96. The highest BCUT2D eigenvalue weighted by Crippen LogP contribution is 2.36. The van der Waals surface area contributed by atoms with Crippen LogP contribution in [0, 0.1) is 0 Å². The summed E-state index contributed by atoms with van der Waals surface area (Å²) >= 11 is 5.89. The lowest BCUT2D eigenvalue weighted by Crippen LogP contribution is -2.37. The second-order valence-corrected chi connectivity index (χ2v) is 11.5. The lowest BCUT2D eigenvalue weighted by atomic mass is 10.2. The lowest BCUT2D eigenvalue weighted by molar-refractivity contribution is -0.114. The van der Waals surface area contributed by atoms with E-state index in [-0.39, 0.29) is 23.1 Å². The van der Waals surface area contributed by atoms with E-state index in [1.54, 1.807) is 24.3 Å². The maximum absolute atomic E-state index is 12.6. The number of fused-ring (bicyclic) bond motifs is 1. The fourth-order valence-electron chi connectivity index (χ4n) is 3.25. The second-order valence-electron chi connectivity index (χ2n) is 7.50. The Labute approximate surface area is 207 Å². The minimum atomic E-state index is -3.89. The molecule has 0 radical (unpaired) electrons. The third-order valence-corrected chi connectivity index (χ3v) is 7.63. The van der Waals surface area contributed by atoms with E-state index in [0.717, 1.165) is 10.6 Å². The molecule has 2 N–H and O–H groups in total. The van der Waals surface area contributed by atoms with Crippen LogP contribution < -0.4 is 23.8 Å². The Balaban J connectivity index is 1.45. The van der Waals surface area contributed by atoms with Crippen molar-refractivity contribution in [1.29, 1.82) is 0 Å². The van der Waals surface area contributed by atoms with Crippen LogP contribution in [0.1, 0.15) is 0 Å². The zero-order chi connectivity index (χ0) is 25.2. The number of hydrogen-bond donors (Lipinski definition) is 2. The number of carbonyl (C=O) groups excluding carboxylic acids is 1. The molecule has 0 aromatic heterocycles. The quantitative estimate of drug-likeness (QED) is 0.451. The van der Waals surface area contributed by atoms with Gasteiger partial charge in [0.05, 0.1) is 22.5 Å². The van der Waals surface area contributed by atoms with Crippen LogP contribution in [0.4, 0.5) is 17.1 Å². The van der Waals surface area contributed by atoms with Gasteiger partial charge in [-0.15, -0.1) is 0 Å². The van der Waals surface area contributed by atoms with E-state index in [1.165, 1.54) is 42.5 Å². The van der Waals surface area contributed by atoms with Gasteiger partial charge in [0, 0.05) is 16.8 Å². The molecular formula is C22H20ClN3O7S2. The number of nitrogens with one attached hydrogen (secondary N) is 2. The number of benzene rings is 3. The monoisotopic (exact) mass is 537 g/mol. The van der Waals surface area contributed by atoms with Crippen LogP contribution in [-0.2, 0) is 24.8 Å². The summed E-state index contributed by atoms with van der Waals surface area (Å²) in [7, 11) is -7.69. The predicted octanol–water partition coefficient (Wildman–Crippen LogP) is 3.27. The van der Waals surface area contributed by atoms with Gasteiger partial charge in [-0.25, -0.2) is 16.8 Å². The van der Waals surface area contributed by atoms with Gasteiger partial charge in [-0.3, -0.25) is 13.8 Å². The van der Waals surface area contributed by atoms with E-state index in [1.807, 2.05) is 0 Å². The largest absolute Gasteiger partial charge is 0.454 e. The van der Waals surface area contributed by atoms with Gasteiger partial charge >= 0.3 is 0 Å². The standard InChI is InChI=1S/C22H20ClN3O7S2/c1-34(28,29)26(18-7-10-20-21(12-18)33-14-32-20)13-22(27)24-16-5-8-19(9-6-16)35(30,31)25-17-4-2-3-15(23)11-17/h2-12,25H,13-14H2,1H3,(H,24,27). The number of amides is 1. The summed E-state index contributed by atoms with van der Waals surface area (Å²) < 4.78 is 63.7. The smallest absolute Gasteiger partial charge is 0.261 e. The summed E-state index contributed by atoms with van der Waals surface area (Å²) in [5.41, 5.74) is 0.829. The Morgan fingerprint density at radius 1 is 0.943 bits per heavy atom. The Hall–Kier alpha value is -3.48. The summed E-state index contributed by atoms with van der Waals surface area (Å²) in [6.07, 6.45) is 0.984. The molecule has 0 atom stereocenters. The molecule has 13 heteroatoms. The van der Waals surface area contributed by atoms with E-state index in [2.05, 4.69) is 10.0 Å². The fraction of sp³-hybridized carbons (Fsp3) is 0.136. The van der Waals surface area contributed by atoms with Crippen molar-refractivity contribution in [2.75, 3.05) is 33.9 Å². The molecule has 1 heterocycles. The van der Waals surface area contributed by atoms with Crippen molar-refractivity contribution >= 4 is 54.6 Å². The predicted molar refractivity (Wildman–Crippen MR) is 132 cm³/mol. The number of rotatable bonds is 8. The van der Waals surface area contributed by atoms with Gasteiger partial charge in [0.25, 0.3) is 10.0 Å². The molecule has 184 valence electrons. The van der Waals surface area contributed by atoms with E-state index < -0.39 is 32.5 Å². The third-order valence-electron chi connectivity index (χ3n) is 4.86. The molecule has 3 aromatic rings. The molecule has 3 aromatic carbocycles. The van der Waals surface area contributed by atoms with Crippen molar-refractivity contribution in [2.24, 2.45) is 0 Å². The van der Waals surface area contributed by atoms with E-state index >= 15 is 0 Å². The maximum Gasteiger partial charge on any atom is 0.261 e. The van der Waals surface area contributed by atoms with Crippen molar-refractivity contribution in [1.82, 2.24) is 0 Å². The van der Waals surface area contributed by atoms with Crippen LogP contribution in [0.5, 0.6) is 11.5 Å². The minimum absolute atomic E-state index is 0.0263. The Morgan fingerprint density at radius 3 is 2.34 bits per heavy atom. The van der Waals surface area contributed by atoms with Crippen LogP contribution in [-0.4, -0.2) is 42.3 Å². The summed E-state index contributed by atoms with van der Waals surface area (Å²) in [4.78, 5) is 12.6. The highest BCUT2D eigenvalue weighted by molar-refractivity contribution is 7.92. The van der Waals surface area contributed by atoms with Crippen molar-refractivity contribution in [3.8, 4) is 11.5 Å². The molecule has 1 amide bonds. The lowest BCUT2D eigenvalue weighted by Gasteiger charge is -2.22. The topological polar surface area (TPSA) is 131 Å². The second kappa shape index (κ2) is 9.64. The molecule has 0 bridgehead atoms. The molecule has 0 spiro atoms. The number of hydrogen-bond acceptors (Lipinski definition) is 7. The van der Waals surface area contributed by atoms with Gasteiger partial charge in [0.2, 0.25) is 22.7 Å². The van der Waals surface area contributed by atoms with Crippen molar-refractivity contribution in [3.63, 3.8) is 0 Å². The van der Waals surface area contributed by atoms with E-state index in [0.29, 0.717) is 22.2 Å². The molecule has 10 nitrogen and oxygen atoms in total. The number of halogens is 1. The first-order valence-electron chi connectivity index (χ1n) is 10.1. The first-order valence-corrected chi connectivity index (χ1v) is 13.8. The number of carbonyl (C=O) groups is 1. The van der Waals surface area contributed by atoms with Crippen LogP contribution >= 0.6 is 11.6 Å². The highest BCUT2D eigenvalue weighted by Gasteiger charge is 2.24. The zero-order valence-corrected chi connectivity index (χ0v) is 20.7. The van der Waals surface area contributed by atoms with Crippen molar-refractivity contribution in [2.45, 2.75) is 4.90 Å². The number of sulfonamides is 2. The summed E-state index contributed by atoms with van der Waals surface area (Å²) in [5, 5.41) is 2.95. The number of ether oxygens (including phenoxy) is 2. The minimum Gasteiger partial charge on any atom is -0.454 e. The first kappa shape index (κ1) is 24.6. The molecule has 1 aliphatic rings. The molecule has 0 fully saturated rings. The first-order chi connectivity index (χ1) is 16.5. The SMILES string of the molecule is CS(=O)(=O)N(CC(=O)Nc1ccc(S(=O)(=O)Nc2cccc(Cl)c2)cc1)c1ccc2c(c1)OCO2. The molecule has 0 saturated carbocycles. The molecule has 0 saturated heterocycles. The molecule has 0 unspecified atom stereocenters. The summed E-state index contributed by atoms with van der Waals surface area (Å²) in [5.74, 6) is 0.229. The van der Waals surface area contributed by atoms with Gasteiger partial charge in [0.15, 0.2) is 11.5 Å². The van der Waals surface area contributed by atoms with Gasteiger partial charge in [0.1, 0.15) is 6.54 Å². The molecule has 35 heavy (non-hydrogen) atoms. The number of nitrogens with zero attached hydrogens (tertiary/aromatic N) is 1. The normalized spacial score (nSPS) is 12.7. The highest BCUT2D eigenvalue weighted by atomic mass is 35.5. The van der Waals surface area contributed by atoms with Gasteiger partial charge < -0.3 is 14.8 Å². The maximum atomic E-state index is 12.6. The Bertz CT molecular complexity index is 1480. The fourth-order valence-corrected chi connectivity index (χ4v) is 5.34. The molecule has 1 aliphatic heterocycles. The van der Waals surface area contributed by atoms with Crippen LogP contribution in [0.25, 0.3) is 0 Å². The van der Waals surface area contributed by atoms with Gasteiger partial charge in [-0.1, -0.05) is 17.7 Å². The van der Waals surface area contributed by atoms with E-state index in [9.17, 15) is 21.6 Å². The average Bonchev–Trinajstić information content (AvgIpc) is 3.25. The van der Waals surface area contributed by atoms with Gasteiger partial charge in [-0.2, -0.15) is 0 Å². The average molecular weight is 538 g/mol. The molecule has 0 aliphatic carbocycles. The molecule has 4 rings (SSSR count). The van der Waals surface area contributed by atoms with Crippen LogP contribution in [0.3, 0.4) is 0 Å². The van der Waals surface area contributed by atoms with Crippen molar-refractivity contribution < 1.29 is 31.1 Å². The Morgan fingerprint density at radius 2 is 1.66 bits per heavy atom. The van der Waals surface area contributed by atoms with Crippen LogP contribution in [0.15, 0.2) is 71.6 Å². The Kier molecular flexibility index (Phi) is 6.79. The summed E-state index contributed by atoms with van der Waals surface area (Å²) in [6.45, 7) is -0.479. The van der Waals surface area contributed by atoms with Crippen LogP contribution in [0.2, 0.25) is 5.02 Å². The zero-order valence-electron chi connectivity index (χ0n) is 18.3. The molecular weight excluding hydrogens is 518 g/mol. The van der Waals surface area contributed by atoms with E-state index in [4.69, 9.17) is 21.1 Å². The summed E-state index contributed by atoms with van der Waals surface area (Å²) in [6, 6.07) is 16.2. The van der Waals surface area contributed by atoms with Gasteiger partial charge in [-0.05, 0) is 54.6 Å².